The third kappa shape index (κ3) is 6.19. The van der Waals surface area contributed by atoms with E-state index in [1.165, 1.54) is 58.0 Å². The standard InChI is InChI=1S/C16H34N2/c1-14(2)13-18(16-8-4-5-9-16)12-6-7-15(3)10-11-17/h14-16H,4-13,17H2,1-3H3. The summed E-state index contributed by atoms with van der Waals surface area (Å²) in [7, 11) is 0. The Morgan fingerprint density at radius 2 is 1.78 bits per heavy atom. The first-order chi connectivity index (χ1) is 8.63. The normalized spacial score (nSPS) is 19.0. The number of rotatable bonds is 9. The fourth-order valence-corrected chi connectivity index (χ4v) is 3.23. The molecule has 0 saturated heterocycles. The third-order valence-corrected chi connectivity index (χ3v) is 4.24. The lowest BCUT2D eigenvalue weighted by Gasteiger charge is -2.30. The maximum atomic E-state index is 5.62. The highest BCUT2D eigenvalue weighted by Crippen LogP contribution is 2.25. The SMILES string of the molecule is CC(C)CN(CCCC(C)CCN)C1CCCC1. The van der Waals surface area contributed by atoms with Crippen molar-refractivity contribution in [2.75, 3.05) is 19.6 Å². The molecule has 1 atom stereocenters. The second kappa shape index (κ2) is 8.92. The highest BCUT2D eigenvalue weighted by atomic mass is 15.2. The molecule has 1 fully saturated rings. The summed E-state index contributed by atoms with van der Waals surface area (Å²) in [6.45, 7) is 10.5. The van der Waals surface area contributed by atoms with Gasteiger partial charge in [-0.25, -0.2) is 0 Å². The van der Waals surface area contributed by atoms with Gasteiger partial charge in [0, 0.05) is 12.6 Å². The second-order valence-electron chi connectivity index (χ2n) is 6.65. The van der Waals surface area contributed by atoms with Crippen molar-refractivity contribution in [1.82, 2.24) is 4.90 Å². The van der Waals surface area contributed by atoms with Crippen LogP contribution < -0.4 is 5.73 Å². The first-order valence-corrected chi connectivity index (χ1v) is 8.07. The minimum absolute atomic E-state index is 0.798. The van der Waals surface area contributed by atoms with Crippen LogP contribution in [-0.2, 0) is 0 Å². The van der Waals surface area contributed by atoms with E-state index >= 15 is 0 Å². The van der Waals surface area contributed by atoms with Crippen LogP contribution >= 0.6 is 0 Å². The van der Waals surface area contributed by atoms with Gasteiger partial charge in [0.05, 0.1) is 0 Å². The monoisotopic (exact) mass is 254 g/mol. The summed E-state index contributed by atoms with van der Waals surface area (Å²) < 4.78 is 0. The molecule has 0 radical (unpaired) electrons. The quantitative estimate of drug-likeness (QED) is 0.680. The molecule has 108 valence electrons. The lowest BCUT2D eigenvalue weighted by Crippen LogP contribution is -2.37. The third-order valence-electron chi connectivity index (χ3n) is 4.24. The van der Waals surface area contributed by atoms with E-state index in [-0.39, 0.29) is 0 Å². The molecule has 1 aliphatic carbocycles. The van der Waals surface area contributed by atoms with Gasteiger partial charge in [-0.2, -0.15) is 0 Å². The molecule has 0 aromatic carbocycles. The predicted molar refractivity (Wildman–Crippen MR) is 80.7 cm³/mol. The Kier molecular flexibility index (Phi) is 7.92. The Hall–Kier alpha value is -0.0800. The van der Waals surface area contributed by atoms with Crippen LogP contribution in [0.4, 0.5) is 0 Å². The molecule has 0 spiro atoms. The van der Waals surface area contributed by atoms with Crippen molar-refractivity contribution in [2.24, 2.45) is 17.6 Å². The van der Waals surface area contributed by atoms with Crippen LogP contribution in [0.2, 0.25) is 0 Å². The van der Waals surface area contributed by atoms with Gasteiger partial charge in [-0.1, -0.05) is 33.6 Å². The van der Waals surface area contributed by atoms with Gasteiger partial charge in [0.1, 0.15) is 0 Å². The summed E-state index contributed by atoms with van der Waals surface area (Å²) >= 11 is 0. The predicted octanol–water partition coefficient (Wildman–Crippen LogP) is 3.65. The van der Waals surface area contributed by atoms with Gasteiger partial charge in [0.25, 0.3) is 0 Å². The number of nitrogens with two attached hydrogens (primary N) is 1. The molecular weight excluding hydrogens is 220 g/mol. The Bertz CT molecular complexity index is 197. The van der Waals surface area contributed by atoms with Crippen molar-refractivity contribution in [3.05, 3.63) is 0 Å². The van der Waals surface area contributed by atoms with Crippen molar-refractivity contribution >= 4 is 0 Å². The molecule has 2 heteroatoms. The van der Waals surface area contributed by atoms with Gasteiger partial charge in [0.15, 0.2) is 0 Å². The van der Waals surface area contributed by atoms with Gasteiger partial charge in [0.2, 0.25) is 0 Å². The van der Waals surface area contributed by atoms with Gasteiger partial charge in [-0.3, -0.25) is 0 Å². The van der Waals surface area contributed by atoms with Crippen molar-refractivity contribution in [1.29, 1.82) is 0 Å². The zero-order chi connectivity index (χ0) is 13.4. The summed E-state index contributed by atoms with van der Waals surface area (Å²) in [4.78, 5) is 2.77. The van der Waals surface area contributed by atoms with Crippen LogP contribution in [0, 0.1) is 11.8 Å². The molecule has 1 rings (SSSR count). The van der Waals surface area contributed by atoms with Crippen molar-refractivity contribution in [3.63, 3.8) is 0 Å². The van der Waals surface area contributed by atoms with Crippen LogP contribution in [0.5, 0.6) is 0 Å². The molecule has 0 aromatic rings. The highest BCUT2D eigenvalue weighted by Gasteiger charge is 2.22. The van der Waals surface area contributed by atoms with E-state index < -0.39 is 0 Å². The molecule has 1 saturated carbocycles. The number of hydrogen-bond acceptors (Lipinski definition) is 2. The van der Waals surface area contributed by atoms with E-state index in [1.807, 2.05) is 0 Å². The summed E-state index contributed by atoms with van der Waals surface area (Å²) in [5, 5.41) is 0. The maximum Gasteiger partial charge on any atom is 0.00953 e. The molecule has 0 bridgehead atoms. The van der Waals surface area contributed by atoms with Crippen LogP contribution in [0.1, 0.15) is 65.7 Å². The first kappa shape index (κ1) is 16.0. The summed E-state index contributed by atoms with van der Waals surface area (Å²) in [6, 6.07) is 0.886. The van der Waals surface area contributed by atoms with E-state index in [9.17, 15) is 0 Å². The van der Waals surface area contributed by atoms with E-state index in [4.69, 9.17) is 5.73 Å². The highest BCUT2D eigenvalue weighted by molar-refractivity contribution is 4.78. The molecule has 0 aromatic heterocycles. The zero-order valence-corrected chi connectivity index (χ0v) is 12.8. The van der Waals surface area contributed by atoms with E-state index in [0.717, 1.165) is 24.4 Å². The Morgan fingerprint density at radius 1 is 1.11 bits per heavy atom. The maximum absolute atomic E-state index is 5.62. The first-order valence-electron chi connectivity index (χ1n) is 8.07. The second-order valence-corrected chi connectivity index (χ2v) is 6.65. The van der Waals surface area contributed by atoms with Crippen LogP contribution in [0.25, 0.3) is 0 Å². The van der Waals surface area contributed by atoms with Gasteiger partial charge < -0.3 is 10.6 Å². The largest absolute Gasteiger partial charge is 0.330 e. The fraction of sp³-hybridized carbons (Fsp3) is 1.00. The Labute approximate surface area is 114 Å². The Morgan fingerprint density at radius 3 is 2.33 bits per heavy atom. The molecule has 2 N–H and O–H groups in total. The van der Waals surface area contributed by atoms with Crippen molar-refractivity contribution in [2.45, 2.75) is 71.8 Å². The molecule has 18 heavy (non-hydrogen) atoms. The van der Waals surface area contributed by atoms with E-state index in [0.29, 0.717) is 0 Å². The summed E-state index contributed by atoms with van der Waals surface area (Å²) in [5.41, 5.74) is 5.62. The van der Waals surface area contributed by atoms with Gasteiger partial charge >= 0.3 is 0 Å². The fourth-order valence-electron chi connectivity index (χ4n) is 3.23. The van der Waals surface area contributed by atoms with Crippen LogP contribution in [-0.4, -0.2) is 30.6 Å². The molecule has 0 aliphatic heterocycles. The molecule has 0 heterocycles. The summed E-state index contributed by atoms with van der Waals surface area (Å²) in [6.07, 6.45) is 9.65. The average Bonchev–Trinajstić information content (AvgIpc) is 2.81. The van der Waals surface area contributed by atoms with Gasteiger partial charge in [-0.05, 0) is 57.0 Å². The number of hydrogen-bond donors (Lipinski definition) is 1. The van der Waals surface area contributed by atoms with Crippen molar-refractivity contribution in [3.8, 4) is 0 Å². The molecule has 1 aliphatic rings. The molecule has 1 unspecified atom stereocenters. The van der Waals surface area contributed by atoms with Crippen LogP contribution in [0.3, 0.4) is 0 Å². The van der Waals surface area contributed by atoms with E-state index in [1.54, 1.807) is 0 Å². The molecular formula is C16H34N2. The zero-order valence-electron chi connectivity index (χ0n) is 12.8. The number of nitrogens with zero attached hydrogens (tertiary/aromatic N) is 1. The molecule has 0 amide bonds. The minimum Gasteiger partial charge on any atom is -0.330 e. The summed E-state index contributed by atoms with van der Waals surface area (Å²) in [5.74, 6) is 1.60. The van der Waals surface area contributed by atoms with Gasteiger partial charge in [-0.15, -0.1) is 0 Å². The Balaban J connectivity index is 2.27. The smallest absolute Gasteiger partial charge is 0.00953 e. The lowest BCUT2D eigenvalue weighted by molar-refractivity contribution is 0.171. The minimum atomic E-state index is 0.798. The lowest BCUT2D eigenvalue weighted by atomic mass is 10.0. The average molecular weight is 254 g/mol. The topological polar surface area (TPSA) is 29.3 Å². The van der Waals surface area contributed by atoms with E-state index in [2.05, 4.69) is 25.7 Å². The molecule has 2 nitrogen and oxygen atoms in total. The van der Waals surface area contributed by atoms with Crippen molar-refractivity contribution < 1.29 is 0 Å². The van der Waals surface area contributed by atoms with Crippen LogP contribution in [0.15, 0.2) is 0 Å².